The number of furan rings is 1. The van der Waals surface area contributed by atoms with Gasteiger partial charge in [-0.1, -0.05) is 40.6 Å². The zero-order chi connectivity index (χ0) is 19.3. The highest BCUT2D eigenvalue weighted by molar-refractivity contribution is 7.15. The molecule has 0 N–H and O–H groups in total. The number of aromatic nitrogens is 3. The number of hydrogen-bond donors (Lipinski definition) is 0. The van der Waals surface area contributed by atoms with E-state index in [1.54, 1.807) is 24.3 Å². The number of hydrogen-bond acceptors (Lipinski definition) is 6. The van der Waals surface area contributed by atoms with Crippen LogP contribution >= 0.6 is 45.9 Å². The predicted octanol–water partition coefficient (Wildman–Crippen LogP) is 4.99. The molecule has 0 aliphatic carbocycles. The molecule has 138 valence electrons. The van der Waals surface area contributed by atoms with Gasteiger partial charge >= 0.3 is 0 Å². The van der Waals surface area contributed by atoms with E-state index in [1.165, 1.54) is 27.2 Å². The van der Waals surface area contributed by atoms with Crippen LogP contribution in [0, 0.1) is 0 Å². The Labute approximate surface area is 176 Å². The molecule has 0 amide bonds. The maximum absolute atomic E-state index is 12.6. The van der Waals surface area contributed by atoms with Gasteiger partial charge in [0.2, 0.25) is 4.96 Å². The highest BCUT2D eigenvalue weighted by atomic mass is 35.5. The molecule has 0 saturated carbocycles. The van der Waals surface area contributed by atoms with Crippen LogP contribution in [0.2, 0.25) is 10.0 Å². The van der Waals surface area contributed by atoms with Gasteiger partial charge in [-0.25, -0.2) is 0 Å². The van der Waals surface area contributed by atoms with Gasteiger partial charge in [-0.2, -0.15) is 9.50 Å². The van der Waals surface area contributed by atoms with E-state index in [2.05, 4.69) is 10.1 Å². The fraction of sp³-hybridized carbons (Fsp3) is 0. The molecule has 0 atom stereocenters. The summed E-state index contributed by atoms with van der Waals surface area (Å²) in [6.45, 7) is 0. The van der Waals surface area contributed by atoms with Gasteiger partial charge < -0.3 is 4.42 Å². The molecular weight excluding hydrogens is 437 g/mol. The molecule has 5 nitrogen and oxygen atoms in total. The van der Waals surface area contributed by atoms with Crippen molar-refractivity contribution in [1.29, 1.82) is 0 Å². The van der Waals surface area contributed by atoms with Crippen LogP contribution in [0.15, 0.2) is 57.1 Å². The van der Waals surface area contributed by atoms with Gasteiger partial charge in [-0.15, -0.1) is 16.4 Å². The van der Waals surface area contributed by atoms with Crippen molar-refractivity contribution in [2.24, 2.45) is 0 Å². The molecule has 0 aliphatic heterocycles. The minimum atomic E-state index is -0.220. The van der Waals surface area contributed by atoms with Crippen molar-refractivity contribution in [3.63, 3.8) is 0 Å². The molecule has 5 aromatic rings. The zero-order valence-corrected chi connectivity index (χ0v) is 17.1. The summed E-state index contributed by atoms with van der Waals surface area (Å²) in [7, 11) is 0. The van der Waals surface area contributed by atoms with E-state index < -0.39 is 0 Å². The molecule has 1 aromatic carbocycles. The Balaban J connectivity index is 1.52. The lowest BCUT2D eigenvalue weighted by Crippen LogP contribution is -2.23. The normalized spacial score (nSPS) is 12.3. The Morgan fingerprint density at radius 2 is 2.00 bits per heavy atom. The average Bonchev–Trinajstić information content (AvgIpc) is 3.45. The van der Waals surface area contributed by atoms with E-state index in [0.717, 1.165) is 10.4 Å². The van der Waals surface area contributed by atoms with Gasteiger partial charge in [0.1, 0.15) is 16.1 Å². The quantitative estimate of drug-likeness (QED) is 0.392. The maximum Gasteiger partial charge on any atom is 0.291 e. The summed E-state index contributed by atoms with van der Waals surface area (Å²) in [6.07, 6.45) is 1.69. The Hall–Kier alpha value is -2.45. The van der Waals surface area contributed by atoms with Crippen LogP contribution in [-0.4, -0.2) is 14.6 Å². The lowest BCUT2D eigenvalue weighted by Gasteiger charge is -1.99. The van der Waals surface area contributed by atoms with Crippen molar-refractivity contribution in [1.82, 2.24) is 14.6 Å². The Bertz CT molecular complexity index is 1420. The molecule has 4 heterocycles. The second-order valence-corrected chi connectivity index (χ2v) is 8.62. The van der Waals surface area contributed by atoms with E-state index in [4.69, 9.17) is 27.6 Å². The lowest BCUT2D eigenvalue weighted by molar-refractivity contribution is 0.571. The largest absolute Gasteiger partial charge is 0.457 e. The first kappa shape index (κ1) is 17.6. The van der Waals surface area contributed by atoms with Crippen molar-refractivity contribution >= 4 is 56.9 Å². The van der Waals surface area contributed by atoms with E-state index in [9.17, 15) is 4.79 Å². The average molecular weight is 446 g/mol. The monoisotopic (exact) mass is 445 g/mol. The highest BCUT2D eigenvalue weighted by Crippen LogP contribution is 2.29. The molecule has 28 heavy (non-hydrogen) atoms. The summed E-state index contributed by atoms with van der Waals surface area (Å²) in [6, 6.07) is 12.7. The van der Waals surface area contributed by atoms with Crippen LogP contribution in [-0.2, 0) is 0 Å². The first-order valence-corrected chi connectivity index (χ1v) is 10.5. The number of thiophene rings is 1. The fourth-order valence-corrected chi connectivity index (χ4v) is 4.55. The first-order valence-electron chi connectivity index (χ1n) is 8.09. The smallest absolute Gasteiger partial charge is 0.291 e. The summed E-state index contributed by atoms with van der Waals surface area (Å²) in [4.78, 5) is 18.6. The molecule has 9 heteroatoms. The maximum atomic E-state index is 12.6. The standard InChI is InChI=1S/C19H9Cl2N3O2S2/c20-12-5-3-10(8-13(12)21)14-6-4-11(26-14)9-16-18(25)24-19(28-16)22-17(23-24)15-2-1-7-27-15/h1-9H/b16-9-. The van der Waals surface area contributed by atoms with Crippen molar-refractivity contribution in [3.05, 3.63) is 78.5 Å². The van der Waals surface area contributed by atoms with Crippen LogP contribution in [0.1, 0.15) is 5.76 Å². The van der Waals surface area contributed by atoms with E-state index >= 15 is 0 Å². The van der Waals surface area contributed by atoms with Gasteiger partial charge in [-0.3, -0.25) is 4.79 Å². The molecule has 0 bridgehead atoms. The van der Waals surface area contributed by atoms with Crippen molar-refractivity contribution in [3.8, 4) is 22.0 Å². The molecule has 0 unspecified atom stereocenters. The third-order valence-corrected chi connectivity index (χ3v) is 6.59. The minimum Gasteiger partial charge on any atom is -0.457 e. The number of nitrogens with zero attached hydrogens (tertiary/aromatic N) is 3. The molecule has 0 spiro atoms. The number of rotatable bonds is 3. The fourth-order valence-electron chi connectivity index (χ4n) is 2.71. The highest BCUT2D eigenvalue weighted by Gasteiger charge is 2.13. The van der Waals surface area contributed by atoms with Crippen LogP contribution in [0.4, 0.5) is 0 Å². The summed E-state index contributed by atoms with van der Waals surface area (Å²) in [5.41, 5.74) is 0.586. The van der Waals surface area contributed by atoms with Crippen LogP contribution in [0.3, 0.4) is 0 Å². The van der Waals surface area contributed by atoms with E-state index in [1.807, 2.05) is 29.6 Å². The van der Waals surface area contributed by atoms with Gasteiger partial charge in [0.25, 0.3) is 5.56 Å². The number of halogens is 2. The van der Waals surface area contributed by atoms with Crippen LogP contribution < -0.4 is 10.1 Å². The van der Waals surface area contributed by atoms with E-state index in [-0.39, 0.29) is 5.56 Å². The molecular formula is C19H9Cl2N3O2S2. The molecule has 0 radical (unpaired) electrons. The van der Waals surface area contributed by atoms with Gasteiger partial charge in [0.15, 0.2) is 5.82 Å². The van der Waals surface area contributed by atoms with Gasteiger partial charge in [0, 0.05) is 11.6 Å². The first-order chi connectivity index (χ1) is 13.6. The van der Waals surface area contributed by atoms with Crippen molar-refractivity contribution in [2.75, 3.05) is 0 Å². The molecule has 0 saturated heterocycles. The van der Waals surface area contributed by atoms with Crippen molar-refractivity contribution in [2.45, 2.75) is 0 Å². The predicted molar refractivity (Wildman–Crippen MR) is 113 cm³/mol. The summed E-state index contributed by atoms with van der Waals surface area (Å²) in [5.74, 6) is 1.75. The molecule has 0 aliphatic rings. The zero-order valence-electron chi connectivity index (χ0n) is 13.9. The number of benzene rings is 1. The van der Waals surface area contributed by atoms with Gasteiger partial charge in [-0.05, 0) is 41.8 Å². The second kappa shape index (κ2) is 6.86. The topological polar surface area (TPSA) is 60.4 Å². The molecule has 4 aromatic heterocycles. The van der Waals surface area contributed by atoms with E-state index in [0.29, 0.717) is 36.9 Å². The lowest BCUT2D eigenvalue weighted by atomic mass is 10.2. The number of fused-ring (bicyclic) bond motifs is 1. The second-order valence-electron chi connectivity index (χ2n) is 5.85. The third kappa shape index (κ3) is 3.06. The summed E-state index contributed by atoms with van der Waals surface area (Å²) >= 11 is 14.8. The molecule has 5 rings (SSSR count). The Morgan fingerprint density at radius 3 is 2.75 bits per heavy atom. The van der Waals surface area contributed by atoms with Gasteiger partial charge in [0.05, 0.1) is 14.9 Å². The van der Waals surface area contributed by atoms with Crippen molar-refractivity contribution < 1.29 is 4.42 Å². The SMILES string of the molecule is O=c1/c(=C/c2ccc(-c3ccc(Cl)c(Cl)c3)o2)sc2nc(-c3cccs3)nn12. The minimum absolute atomic E-state index is 0.220. The van der Waals surface area contributed by atoms with Crippen LogP contribution in [0.5, 0.6) is 0 Å². The summed E-state index contributed by atoms with van der Waals surface area (Å²) in [5, 5.41) is 7.21. The molecule has 0 fully saturated rings. The number of thiazole rings is 1. The Morgan fingerprint density at radius 1 is 1.11 bits per heavy atom. The third-order valence-electron chi connectivity index (χ3n) is 4.03. The Kier molecular flexibility index (Phi) is 4.32. The summed E-state index contributed by atoms with van der Waals surface area (Å²) < 4.78 is 7.67. The van der Waals surface area contributed by atoms with Crippen LogP contribution in [0.25, 0.3) is 33.1 Å².